The van der Waals surface area contributed by atoms with Crippen molar-refractivity contribution in [1.29, 1.82) is 0 Å². The zero-order valence-electron chi connectivity index (χ0n) is 11.8. The van der Waals surface area contributed by atoms with Crippen LogP contribution in [0.2, 0.25) is 0 Å². The smallest absolute Gasteiger partial charge is 0.250 e. The first-order valence-corrected chi connectivity index (χ1v) is 6.48. The summed E-state index contributed by atoms with van der Waals surface area (Å²) in [4.78, 5) is 27.2. The predicted octanol–water partition coefficient (Wildman–Crippen LogP) is 2.36. The first-order chi connectivity index (χ1) is 9.49. The molecule has 0 bridgehead atoms. The highest BCUT2D eigenvalue weighted by Gasteiger charge is 2.28. The van der Waals surface area contributed by atoms with Gasteiger partial charge in [0.15, 0.2) is 0 Å². The number of hydrogen-bond donors (Lipinski definition) is 0. The second-order valence-electron chi connectivity index (χ2n) is 4.81. The van der Waals surface area contributed by atoms with E-state index in [1.807, 2.05) is 26.0 Å². The third-order valence-corrected chi connectivity index (χ3v) is 3.60. The van der Waals surface area contributed by atoms with Crippen LogP contribution in [0.3, 0.4) is 0 Å². The summed E-state index contributed by atoms with van der Waals surface area (Å²) in [6, 6.07) is 3.88. The fourth-order valence-corrected chi connectivity index (χ4v) is 2.34. The fourth-order valence-electron chi connectivity index (χ4n) is 2.34. The van der Waals surface area contributed by atoms with E-state index in [0.717, 1.165) is 22.5 Å². The third-order valence-electron chi connectivity index (χ3n) is 3.60. The van der Waals surface area contributed by atoms with E-state index in [0.29, 0.717) is 13.1 Å². The first-order valence-electron chi connectivity index (χ1n) is 6.48. The summed E-state index contributed by atoms with van der Waals surface area (Å²) in [6.07, 6.45) is 2.59. The first kappa shape index (κ1) is 14.1. The minimum atomic E-state index is -0.153. The lowest BCUT2D eigenvalue weighted by molar-refractivity contribution is -0.115. The predicted molar refractivity (Wildman–Crippen MR) is 81.0 cm³/mol. The van der Waals surface area contributed by atoms with E-state index >= 15 is 0 Å². The molecule has 0 radical (unpaired) electrons. The number of anilines is 2. The second-order valence-corrected chi connectivity index (χ2v) is 4.81. The minimum Gasteiger partial charge on any atom is -0.305 e. The van der Waals surface area contributed by atoms with Gasteiger partial charge in [-0.1, -0.05) is 13.2 Å². The molecule has 2 amide bonds. The maximum atomic E-state index is 12.0. The molecule has 2 rings (SSSR count). The Morgan fingerprint density at radius 1 is 0.950 bits per heavy atom. The van der Waals surface area contributed by atoms with Crippen molar-refractivity contribution in [2.45, 2.75) is 13.8 Å². The topological polar surface area (TPSA) is 40.6 Å². The molecule has 0 saturated carbocycles. The molecule has 0 spiro atoms. The van der Waals surface area contributed by atoms with Gasteiger partial charge in [-0.25, -0.2) is 0 Å². The van der Waals surface area contributed by atoms with Crippen LogP contribution in [-0.2, 0) is 9.59 Å². The summed E-state index contributed by atoms with van der Waals surface area (Å²) in [7, 11) is 0. The van der Waals surface area contributed by atoms with Crippen molar-refractivity contribution in [2.24, 2.45) is 0 Å². The van der Waals surface area contributed by atoms with Crippen LogP contribution in [0, 0.1) is 13.8 Å². The number of amides is 2. The number of benzene rings is 1. The van der Waals surface area contributed by atoms with Crippen LogP contribution in [-0.4, -0.2) is 24.9 Å². The van der Waals surface area contributed by atoms with Gasteiger partial charge in [0.1, 0.15) is 0 Å². The number of rotatable bonds is 2. The summed E-state index contributed by atoms with van der Waals surface area (Å²) in [6.45, 7) is 12.0. The summed E-state index contributed by atoms with van der Waals surface area (Å²) >= 11 is 0. The largest absolute Gasteiger partial charge is 0.305 e. The molecule has 0 unspecified atom stereocenters. The maximum Gasteiger partial charge on any atom is 0.250 e. The average Bonchev–Trinajstić information content (AvgIpc) is 2.46. The van der Waals surface area contributed by atoms with Crippen molar-refractivity contribution in [3.8, 4) is 0 Å². The molecule has 0 saturated heterocycles. The van der Waals surface area contributed by atoms with Crippen molar-refractivity contribution >= 4 is 23.2 Å². The van der Waals surface area contributed by atoms with Crippen molar-refractivity contribution in [3.05, 3.63) is 48.6 Å². The molecule has 1 aromatic carbocycles. The molecule has 0 atom stereocenters. The molecule has 1 aliphatic heterocycles. The van der Waals surface area contributed by atoms with Gasteiger partial charge in [0, 0.05) is 13.1 Å². The molecule has 0 aliphatic carbocycles. The molecular formula is C16H18N2O2. The highest BCUT2D eigenvalue weighted by molar-refractivity contribution is 6.09. The lowest BCUT2D eigenvalue weighted by Crippen LogP contribution is -2.45. The van der Waals surface area contributed by atoms with Gasteiger partial charge in [-0.05, 0) is 49.3 Å². The molecular weight excluding hydrogens is 252 g/mol. The van der Waals surface area contributed by atoms with Gasteiger partial charge in [-0.15, -0.1) is 0 Å². The van der Waals surface area contributed by atoms with Crippen LogP contribution in [0.15, 0.2) is 37.4 Å². The Labute approximate surface area is 119 Å². The summed E-state index contributed by atoms with van der Waals surface area (Å²) in [5.41, 5.74) is 3.66. The molecule has 104 valence electrons. The van der Waals surface area contributed by atoms with Gasteiger partial charge in [0.2, 0.25) is 0 Å². The van der Waals surface area contributed by atoms with Gasteiger partial charge in [0.05, 0.1) is 11.4 Å². The Hall–Kier alpha value is -2.36. The Balaban J connectivity index is 2.59. The van der Waals surface area contributed by atoms with E-state index < -0.39 is 0 Å². The molecule has 0 N–H and O–H groups in total. The Morgan fingerprint density at radius 3 is 1.60 bits per heavy atom. The average molecular weight is 270 g/mol. The van der Waals surface area contributed by atoms with Crippen molar-refractivity contribution in [2.75, 3.05) is 22.9 Å². The highest BCUT2D eigenvalue weighted by Crippen LogP contribution is 2.35. The van der Waals surface area contributed by atoms with Crippen molar-refractivity contribution in [3.63, 3.8) is 0 Å². The van der Waals surface area contributed by atoms with Crippen LogP contribution in [0.25, 0.3) is 0 Å². The van der Waals surface area contributed by atoms with Gasteiger partial charge < -0.3 is 9.80 Å². The zero-order chi connectivity index (χ0) is 14.9. The lowest BCUT2D eigenvalue weighted by Gasteiger charge is -2.36. The Bertz CT molecular complexity index is 552. The SMILES string of the molecule is C=CC(=O)N1CCN(C(=O)C=C)c2cc(C)c(C)cc21. The zero-order valence-corrected chi connectivity index (χ0v) is 11.8. The fraction of sp³-hybridized carbons (Fsp3) is 0.250. The molecule has 20 heavy (non-hydrogen) atoms. The van der Waals surface area contributed by atoms with Crippen LogP contribution >= 0.6 is 0 Å². The van der Waals surface area contributed by atoms with E-state index in [1.54, 1.807) is 9.80 Å². The van der Waals surface area contributed by atoms with Gasteiger partial charge in [0.25, 0.3) is 11.8 Å². The molecule has 4 heteroatoms. The number of fused-ring (bicyclic) bond motifs is 1. The molecule has 1 aromatic rings. The van der Waals surface area contributed by atoms with E-state index in [2.05, 4.69) is 13.2 Å². The third kappa shape index (κ3) is 2.25. The van der Waals surface area contributed by atoms with Crippen LogP contribution in [0.4, 0.5) is 11.4 Å². The number of nitrogens with zero attached hydrogens (tertiary/aromatic N) is 2. The van der Waals surface area contributed by atoms with E-state index in [1.165, 1.54) is 12.2 Å². The number of aryl methyl sites for hydroxylation is 2. The van der Waals surface area contributed by atoms with E-state index in [4.69, 9.17) is 0 Å². The molecule has 0 fully saturated rings. The van der Waals surface area contributed by atoms with Gasteiger partial charge >= 0.3 is 0 Å². The normalized spacial score (nSPS) is 13.7. The quantitative estimate of drug-likeness (QED) is 0.774. The van der Waals surface area contributed by atoms with E-state index in [9.17, 15) is 9.59 Å². The lowest BCUT2D eigenvalue weighted by atomic mass is 10.0. The van der Waals surface area contributed by atoms with E-state index in [-0.39, 0.29) is 11.8 Å². The summed E-state index contributed by atoms with van der Waals surface area (Å²) in [5.74, 6) is -0.305. The minimum absolute atomic E-state index is 0.153. The number of carbonyl (C=O) groups is 2. The number of hydrogen-bond acceptors (Lipinski definition) is 2. The molecule has 1 aliphatic rings. The summed E-state index contributed by atoms with van der Waals surface area (Å²) in [5, 5.41) is 0. The Morgan fingerprint density at radius 2 is 1.30 bits per heavy atom. The highest BCUT2D eigenvalue weighted by atomic mass is 16.2. The van der Waals surface area contributed by atoms with Crippen LogP contribution in [0.1, 0.15) is 11.1 Å². The second kappa shape index (κ2) is 5.33. The van der Waals surface area contributed by atoms with Gasteiger partial charge in [-0.2, -0.15) is 0 Å². The van der Waals surface area contributed by atoms with Crippen LogP contribution < -0.4 is 9.80 Å². The molecule has 0 aromatic heterocycles. The summed E-state index contributed by atoms with van der Waals surface area (Å²) < 4.78 is 0. The Kier molecular flexibility index (Phi) is 3.74. The molecule has 4 nitrogen and oxygen atoms in total. The molecule has 1 heterocycles. The van der Waals surface area contributed by atoms with Crippen molar-refractivity contribution < 1.29 is 9.59 Å². The van der Waals surface area contributed by atoms with Crippen molar-refractivity contribution in [1.82, 2.24) is 0 Å². The van der Waals surface area contributed by atoms with Gasteiger partial charge in [-0.3, -0.25) is 9.59 Å². The maximum absolute atomic E-state index is 12.0. The standard InChI is InChI=1S/C16H18N2O2/c1-5-15(19)17-7-8-18(16(20)6-2)14-10-12(4)11(3)9-13(14)17/h5-6,9-10H,1-2,7-8H2,3-4H3. The van der Waals surface area contributed by atoms with Crippen LogP contribution in [0.5, 0.6) is 0 Å². The number of carbonyl (C=O) groups excluding carboxylic acids is 2. The monoisotopic (exact) mass is 270 g/mol.